The first-order valence-electron chi connectivity index (χ1n) is 18.3. The molecule has 5 nitrogen and oxygen atoms in total. The van der Waals surface area contributed by atoms with Crippen molar-refractivity contribution in [1.82, 2.24) is 13.7 Å². The molecule has 0 N–H and O–H groups in total. The summed E-state index contributed by atoms with van der Waals surface area (Å²) in [4.78, 5) is 0. The Labute approximate surface area is 316 Å². The second-order valence-corrected chi connectivity index (χ2v) is 14.0. The minimum Gasteiger partial charge on any atom is -0.309 e. The van der Waals surface area contributed by atoms with Crippen molar-refractivity contribution in [1.29, 1.82) is 10.5 Å². The zero-order valence-electron chi connectivity index (χ0n) is 29.5. The van der Waals surface area contributed by atoms with E-state index in [2.05, 4.69) is 159 Å². The van der Waals surface area contributed by atoms with E-state index >= 15 is 0 Å². The number of rotatable bonds is 4. The highest BCUT2D eigenvalue weighted by atomic mass is 15.0. The van der Waals surface area contributed by atoms with Crippen molar-refractivity contribution in [3.63, 3.8) is 0 Å². The standard InChI is InChI=1S/C50H29N5/c51-30-32-20-26-41-40-14-4-8-18-46(40)55(48(41)28-32)47-19-9-10-34(31-52)50(47)33-21-23-35(24-22-33)53-43-15-5-3-13-39(43)42-27-25-36(29-49(42)53)54-44-16-6-1-11-37(44)38-12-2-7-17-45(38)54/h1-29H. The van der Waals surface area contributed by atoms with Crippen LogP contribution in [0.4, 0.5) is 0 Å². The predicted molar refractivity (Wildman–Crippen MR) is 224 cm³/mol. The van der Waals surface area contributed by atoms with Crippen molar-refractivity contribution in [2.45, 2.75) is 0 Å². The van der Waals surface area contributed by atoms with Crippen molar-refractivity contribution in [2.75, 3.05) is 0 Å². The van der Waals surface area contributed by atoms with Crippen LogP contribution in [-0.4, -0.2) is 13.7 Å². The van der Waals surface area contributed by atoms with Crippen molar-refractivity contribution >= 4 is 65.4 Å². The molecule has 0 atom stereocenters. The third kappa shape index (κ3) is 4.45. The van der Waals surface area contributed by atoms with Gasteiger partial charge in [0.25, 0.3) is 0 Å². The Bertz CT molecular complexity index is 3400. The molecule has 254 valence electrons. The number of fused-ring (bicyclic) bond motifs is 9. The SMILES string of the molecule is N#Cc1ccc2c3ccccc3n(-c3cccc(C#N)c3-c3ccc(-n4c5ccccc5c5ccc(-n6c7ccccc7c7ccccc76)cc54)cc3)c2c1. The Balaban J connectivity index is 1.12. The van der Waals surface area contributed by atoms with E-state index in [9.17, 15) is 10.5 Å². The monoisotopic (exact) mass is 699 g/mol. The summed E-state index contributed by atoms with van der Waals surface area (Å²) in [6.45, 7) is 0. The Morgan fingerprint density at radius 2 is 0.818 bits per heavy atom. The van der Waals surface area contributed by atoms with Gasteiger partial charge >= 0.3 is 0 Å². The Hall–Kier alpha value is -7.86. The average Bonchev–Trinajstić information content (AvgIpc) is 3.88. The Morgan fingerprint density at radius 3 is 1.38 bits per heavy atom. The summed E-state index contributed by atoms with van der Waals surface area (Å²) < 4.78 is 6.90. The fourth-order valence-electron chi connectivity index (χ4n) is 8.78. The molecule has 3 aromatic heterocycles. The minimum absolute atomic E-state index is 0.584. The third-order valence-corrected chi connectivity index (χ3v) is 11.1. The molecule has 0 fully saturated rings. The van der Waals surface area contributed by atoms with Gasteiger partial charge in [-0.05, 0) is 78.4 Å². The van der Waals surface area contributed by atoms with Crippen LogP contribution in [0.15, 0.2) is 176 Å². The maximum absolute atomic E-state index is 10.5. The number of nitrogens with zero attached hydrogens (tertiary/aromatic N) is 5. The summed E-state index contributed by atoms with van der Waals surface area (Å²) in [6, 6.07) is 65.9. The van der Waals surface area contributed by atoms with Gasteiger partial charge in [-0.25, -0.2) is 0 Å². The molecule has 11 rings (SSSR count). The molecular formula is C50H29N5. The molecule has 8 aromatic carbocycles. The van der Waals surface area contributed by atoms with Crippen molar-refractivity contribution in [2.24, 2.45) is 0 Å². The summed E-state index contributed by atoms with van der Waals surface area (Å²) in [5.74, 6) is 0. The molecule has 0 unspecified atom stereocenters. The van der Waals surface area contributed by atoms with Crippen LogP contribution in [0.2, 0.25) is 0 Å². The lowest BCUT2D eigenvalue weighted by Crippen LogP contribution is -2.00. The van der Waals surface area contributed by atoms with Gasteiger partial charge in [0, 0.05) is 49.3 Å². The van der Waals surface area contributed by atoms with Gasteiger partial charge in [0.2, 0.25) is 0 Å². The Morgan fingerprint density at radius 1 is 0.345 bits per heavy atom. The highest BCUT2D eigenvalue weighted by Crippen LogP contribution is 2.40. The first kappa shape index (κ1) is 30.7. The van der Waals surface area contributed by atoms with E-state index in [-0.39, 0.29) is 0 Å². The topological polar surface area (TPSA) is 62.4 Å². The van der Waals surface area contributed by atoms with E-state index in [0.717, 1.165) is 61.0 Å². The van der Waals surface area contributed by atoms with Gasteiger partial charge in [0.15, 0.2) is 0 Å². The number of benzene rings is 8. The highest BCUT2D eigenvalue weighted by Gasteiger charge is 2.20. The van der Waals surface area contributed by atoms with Crippen LogP contribution < -0.4 is 0 Å². The van der Waals surface area contributed by atoms with Crippen LogP contribution in [0.5, 0.6) is 0 Å². The number of hydrogen-bond acceptors (Lipinski definition) is 2. The van der Waals surface area contributed by atoms with Gasteiger partial charge < -0.3 is 13.7 Å². The normalized spacial score (nSPS) is 11.6. The van der Waals surface area contributed by atoms with Crippen LogP contribution >= 0.6 is 0 Å². The molecule has 11 aromatic rings. The number of hydrogen-bond donors (Lipinski definition) is 0. The maximum atomic E-state index is 10.5. The van der Waals surface area contributed by atoms with E-state index in [1.165, 1.54) is 32.6 Å². The largest absolute Gasteiger partial charge is 0.309 e. The van der Waals surface area contributed by atoms with E-state index in [4.69, 9.17) is 0 Å². The molecule has 0 saturated heterocycles. The third-order valence-electron chi connectivity index (χ3n) is 11.1. The summed E-state index contributed by atoms with van der Waals surface area (Å²) in [6.07, 6.45) is 0. The zero-order valence-corrected chi connectivity index (χ0v) is 29.5. The fourth-order valence-corrected chi connectivity index (χ4v) is 8.78. The lowest BCUT2D eigenvalue weighted by molar-refractivity contribution is 1.15. The molecule has 0 aliphatic carbocycles. The zero-order chi connectivity index (χ0) is 36.6. The molecular weight excluding hydrogens is 671 g/mol. The molecule has 0 spiro atoms. The number of para-hydroxylation sites is 4. The molecule has 0 bridgehead atoms. The Kier molecular flexibility index (Phi) is 6.61. The van der Waals surface area contributed by atoms with Crippen LogP contribution in [0.3, 0.4) is 0 Å². The molecule has 0 aliphatic rings. The van der Waals surface area contributed by atoms with Gasteiger partial charge in [-0.1, -0.05) is 103 Å². The number of aromatic nitrogens is 3. The molecule has 0 saturated carbocycles. The fraction of sp³-hybridized carbons (Fsp3) is 0. The minimum atomic E-state index is 0.584. The molecule has 5 heteroatoms. The van der Waals surface area contributed by atoms with Crippen LogP contribution in [0.1, 0.15) is 11.1 Å². The second kappa shape index (κ2) is 11.8. The van der Waals surface area contributed by atoms with E-state index < -0.39 is 0 Å². The lowest BCUT2D eigenvalue weighted by Gasteiger charge is -2.16. The lowest BCUT2D eigenvalue weighted by atomic mass is 9.97. The van der Waals surface area contributed by atoms with Crippen molar-refractivity contribution in [3.8, 4) is 40.3 Å². The van der Waals surface area contributed by atoms with E-state index in [1.54, 1.807) is 0 Å². The molecule has 0 amide bonds. The van der Waals surface area contributed by atoms with E-state index in [1.807, 2.05) is 42.5 Å². The average molecular weight is 700 g/mol. The summed E-state index contributed by atoms with van der Waals surface area (Å²) >= 11 is 0. The molecule has 3 heterocycles. The predicted octanol–water partition coefficient (Wildman–Crippen LogP) is 12.4. The second-order valence-electron chi connectivity index (χ2n) is 14.0. The highest BCUT2D eigenvalue weighted by molar-refractivity contribution is 6.13. The quantitative estimate of drug-likeness (QED) is 0.184. The van der Waals surface area contributed by atoms with Crippen LogP contribution in [0.25, 0.3) is 93.6 Å². The van der Waals surface area contributed by atoms with Crippen LogP contribution in [-0.2, 0) is 0 Å². The van der Waals surface area contributed by atoms with Crippen LogP contribution in [0, 0.1) is 22.7 Å². The van der Waals surface area contributed by atoms with E-state index in [0.29, 0.717) is 11.1 Å². The summed E-state index contributed by atoms with van der Waals surface area (Å²) in [7, 11) is 0. The van der Waals surface area contributed by atoms with Crippen molar-refractivity contribution in [3.05, 3.63) is 187 Å². The van der Waals surface area contributed by atoms with Crippen molar-refractivity contribution < 1.29 is 0 Å². The number of nitriles is 2. The van der Waals surface area contributed by atoms with Gasteiger partial charge in [-0.15, -0.1) is 0 Å². The molecule has 55 heavy (non-hydrogen) atoms. The molecule has 0 aliphatic heterocycles. The van der Waals surface area contributed by atoms with Gasteiger partial charge in [0.05, 0.1) is 62.1 Å². The summed E-state index contributed by atoms with van der Waals surface area (Å²) in [5.41, 5.74) is 12.5. The first-order valence-corrected chi connectivity index (χ1v) is 18.3. The van der Waals surface area contributed by atoms with Gasteiger partial charge in [-0.2, -0.15) is 10.5 Å². The smallest absolute Gasteiger partial charge is 0.0998 e. The van der Waals surface area contributed by atoms with Gasteiger partial charge in [-0.3, -0.25) is 0 Å². The summed E-state index contributed by atoms with van der Waals surface area (Å²) in [5, 5.41) is 27.3. The maximum Gasteiger partial charge on any atom is 0.0998 e. The molecule has 0 radical (unpaired) electrons. The van der Waals surface area contributed by atoms with Gasteiger partial charge in [0.1, 0.15) is 0 Å². The first-order chi connectivity index (χ1) is 27.2.